The van der Waals surface area contributed by atoms with Crippen molar-refractivity contribution in [2.75, 3.05) is 25.6 Å². The zero-order valence-corrected chi connectivity index (χ0v) is 19.1. The van der Waals surface area contributed by atoms with Crippen LogP contribution in [0.15, 0.2) is 0 Å². The molecule has 2 aromatic rings. The van der Waals surface area contributed by atoms with Gasteiger partial charge >= 0.3 is 0 Å². The lowest BCUT2D eigenvalue weighted by Crippen LogP contribution is -2.27. The van der Waals surface area contributed by atoms with Gasteiger partial charge in [-0.1, -0.05) is 13.8 Å². The number of thiazole rings is 1. The maximum Gasteiger partial charge on any atom is 0.268 e. The van der Waals surface area contributed by atoms with Crippen LogP contribution < -0.4 is 10.6 Å². The average molecular weight is 436 g/mol. The minimum Gasteiger partial charge on any atom is -0.385 e. The number of rotatable bonds is 8. The summed E-state index contributed by atoms with van der Waals surface area (Å²) in [7, 11) is 1.65. The number of aromatic nitrogens is 1. The molecule has 29 heavy (non-hydrogen) atoms. The number of anilines is 1. The first kappa shape index (κ1) is 21.9. The zero-order chi connectivity index (χ0) is 21.0. The van der Waals surface area contributed by atoms with Gasteiger partial charge in [-0.2, -0.15) is 0 Å². The fourth-order valence-electron chi connectivity index (χ4n) is 3.44. The van der Waals surface area contributed by atoms with Crippen molar-refractivity contribution in [3.63, 3.8) is 0 Å². The third-order valence-electron chi connectivity index (χ3n) is 4.95. The van der Waals surface area contributed by atoms with Gasteiger partial charge in [0.15, 0.2) is 0 Å². The molecule has 0 fully saturated rings. The monoisotopic (exact) mass is 435 g/mol. The molecule has 0 saturated heterocycles. The van der Waals surface area contributed by atoms with E-state index in [0.717, 1.165) is 48.4 Å². The molecule has 0 saturated carbocycles. The minimum atomic E-state index is -0.182. The van der Waals surface area contributed by atoms with E-state index in [2.05, 4.69) is 29.5 Å². The summed E-state index contributed by atoms with van der Waals surface area (Å²) in [6.45, 7) is 7.16. The first-order valence-corrected chi connectivity index (χ1v) is 11.8. The maximum absolute atomic E-state index is 13.0. The van der Waals surface area contributed by atoms with E-state index in [4.69, 9.17) is 4.74 Å². The normalized spacial score (nSPS) is 13.4. The molecule has 2 heterocycles. The Hall–Kier alpha value is -1.77. The highest BCUT2D eigenvalue weighted by Crippen LogP contribution is 2.38. The Morgan fingerprint density at radius 2 is 1.93 bits per heavy atom. The Morgan fingerprint density at radius 1 is 1.17 bits per heavy atom. The van der Waals surface area contributed by atoms with Crippen LogP contribution in [0.3, 0.4) is 0 Å². The van der Waals surface area contributed by atoms with E-state index < -0.39 is 0 Å². The summed E-state index contributed by atoms with van der Waals surface area (Å²) in [6.07, 6.45) is 4.82. The van der Waals surface area contributed by atoms with Crippen molar-refractivity contribution in [1.29, 1.82) is 0 Å². The van der Waals surface area contributed by atoms with Crippen LogP contribution in [-0.4, -0.2) is 37.1 Å². The van der Waals surface area contributed by atoms with Gasteiger partial charge in [0.2, 0.25) is 0 Å². The van der Waals surface area contributed by atoms with Crippen LogP contribution in [0.2, 0.25) is 0 Å². The second-order valence-electron chi connectivity index (χ2n) is 7.59. The number of hydrogen-bond donors (Lipinski definition) is 2. The van der Waals surface area contributed by atoms with E-state index in [1.165, 1.54) is 16.2 Å². The summed E-state index contributed by atoms with van der Waals surface area (Å²) >= 11 is 2.97. The first-order chi connectivity index (χ1) is 13.9. The molecule has 0 spiro atoms. The quantitative estimate of drug-likeness (QED) is 0.597. The third kappa shape index (κ3) is 5.05. The molecule has 0 bridgehead atoms. The van der Waals surface area contributed by atoms with E-state index in [0.29, 0.717) is 28.6 Å². The summed E-state index contributed by atoms with van der Waals surface area (Å²) in [5, 5.41) is 7.62. The lowest BCUT2D eigenvalue weighted by molar-refractivity contribution is 0.0948. The van der Waals surface area contributed by atoms with Gasteiger partial charge in [-0.3, -0.25) is 9.59 Å². The van der Waals surface area contributed by atoms with Gasteiger partial charge in [-0.15, -0.1) is 22.7 Å². The highest BCUT2D eigenvalue weighted by Gasteiger charge is 2.27. The molecule has 2 N–H and O–H groups in total. The molecule has 158 valence electrons. The molecule has 0 aliphatic heterocycles. The van der Waals surface area contributed by atoms with Gasteiger partial charge in [-0.05, 0) is 44.6 Å². The van der Waals surface area contributed by atoms with E-state index in [9.17, 15) is 9.59 Å². The minimum absolute atomic E-state index is 0.111. The van der Waals surface area contributed by atoms with Crippen molar-refractivity contribution in [2.45, 2.75) is 58.8 Å². The van der Waals surface area contributed by atoms with Gasteiger partial charge in [0.05, 0.1) is 16.3 Å². The molecular formula is C21H29N3O3S2. The second kappa shape index (κ2) is 9.82. The number of nitrogens with zero attached hydrogens (tertiary/aromatic N) is 1. The Bertz CT molecular complexity index is 886. The molecular weight excluding hydrogens is 406 g/mol. The van der Waals surface area contributed by atoms with E-state index in [-0.39, 0.29) is 17.7 Å². The molecule has 0 atom stereocenters. The molecule has 0 unspecified atom stereocenters. The van der Waals surface area contributed by atoms with Crippen LogP contribution in [0.4, 0.5) is 5.00 Å². The molecule has 6 nitrogen and oxygen atoms in total. The highest BCUT2D eigenvalue weighted by atomic mass is 32.1. The van der Waals surface area contributed by atoms with Crippen molar-refractivity contribution in [3.8, 4) is 0 Å². The van der Waals surface area contributed by atoms with Crippen molar-refractivity contribution >= 4 is 39.5 Å². The van der Waals surface area contributed by atoms with Crippen LogP contribution in [0.5, 0.6) is 0 Å². The van der Waals surface area contributed by atoms with Crippen LogP contribution in [0.25, 0.3) is 0 Å². The predicted molar refractivity (Wildman–Crippen MR) is 119 cm³/mol. The van der Waals surface area contributed by atoms with Crippen molar-refractivity contribution in [1.82, 2.24) is 10.3 Å². The Morgan fingerprint density at radius 3 is 2.62 bits per heavy atom. The van der Waals surface area contributed by atoms with Crippen LogP contribution in [0.1, 0.15) is 80.2 Å². The van der Waals surface area contributed by atoms with Crippen LogP contribution >= 0.6 is 22.7 Å². The fraction of sp³-hybridized carbons (Fsp3) is 0.571. The molecule has 1 aliphatic rings. The summed E-state index contributed by atoms with van der Waals surface area (Å²) < 4.78 is 5.05. The first-order valence-electron chi connectivity index (χ1n) is 10.1. The third-order valence-corrected chi connectivity index (χ3v) is 7.61. The van der Waals surface area contributed by atoms with E-state index in [1.54, 1.807) is 18.4 Å². The molecule has 2 amide bonds. The van der Waals surface area contributed by atoms with Gasteiger partial charge in [-0.25, -0.2) is 4.98 Å². The number of hydrogen-bond acceptors (Lipinski definition) is 6. The maximum atomic E-state index is 13.0. The van der Waals surface area contributed by atoms with Gasteiger partial charge in [0.25, 0.3) is 11.8 Å². The van der Waals surface area contributed by atoms with Crippen molar-refractivity contribution in [3.05, 3.63) is 31.6 Å². The number of thiophene rings is 1. The standard InChI is InChI=1S/C21H29N3O3S2/c1-12(2)20-23-13(3)17(29-20)19(26)24-21-16(18(25)22-10-7-11-27-4)14-8-5-6-9-15(14)28-21/h12H,5-11H2,1-4H3,(H,22,25)(H,24,26). The van der Waals surface area contributed by atoms with Crippen molar-refractivity contribution < 1.29 is 14.3 Å². The number of carbonyl (C=O) groups is 2. The lowest BCUT2D eigenvalue weighted by atomic mass is 9.95. The van der Waals surface area contributed by atoms with E-state index in [1.807, 2.05) is 6.92 Å². The molecule has 1 aliphatic carbocycles. The number of aryl methyl sites for hydroxylation is 2. The largest absolute Gasteiger partial charge is 0.385 e. The SMILES string of the molecule is COCCCNC(=O)c1c(NC(=O)c2sc(C(C)C)nc2C)sc2c1CCCC2. The topological polar surface area (TPSA) is 80.3 Å². The van der Waals surface area contributed by atoms with Crippen LogP contribution in [0, 0.1) is 6.92 Å². The van der Waals surface area contributed by atoms with Gasteiger partial charge in [0.1, 0.15) is 9.88 Å². The molecule has 2 aromatic heterocycles. The van der Waals surface area contributed by atoms with Gasteiger partial charge < -0.3 is 15.4 Å². The average Bonchev–Trinajstić information content (AvgIpc) is 3.25. The molecule has 0 radical (unpaired) electrons. The number of fused-ring (bicyclic) bond motifs is 1. The number of ether oxygens (including phenoxy) is 1. The number of amides is 2. The molecule has 3 rings (SSSR count). The smallest absolute Gasteiger partial charge is 0.268 e. The number of nitrogens with one attached hydrogen (secondary N) is 2. The summed E-state index contributed by atoms with van der Waals surface area (Å²) in [4.78, 5) is 32.3. The Balaban J connectivity index is 1.84. The Labute approximate surface area is 180 Å². The summed E-state index contributed by atoms with van der Waals surface area (Å²) in [5.74, 6) is -0.0126. The highest BCUT2D eigenvalue weighted by molar-refractivity contribution is 7.17. The fourth-order valence-corrected chi connectivity index (χ4v) is 5.68. The summed E-state index contributed by atoms with van der Waals surface area (Å²) in [6, 6.07) is 0. The molecule has 0 aromatic carbocycles. The van der Waals surface area contributed by atoms with Gasteiger partial charge in [0, 0.05) is 31.1 Å². The predicted octanol–water partition coefficient (Wildman–Crippen LogP) is 4.53. The summed E-state index contributed by atoms with van der Waals surface area (Å²) in [5.41, 5.74) is 2.48. The van der Waals surface area contributed by atoms with Crippen LogP contribution in [-0.2, 0) is 17.6 Å². The van der Waals surface area contributed by atoms with E-state index >= 15 is 0 Å². The Kier molecular flexibility index (Phi) is 7.43. The van der Waals surface area contributed by atoms with Crippen molar-refractivity contribution in [2.24, 2.45) is 0 Å². The number of methoxy groups -OCH3 is 1. The molecule has 8 heteroatoms. The zero-order valence-electron chi connectivity index (χ0n) is 17.5. The second-order valence-corrected chi connectivity index (χ2v) is 9.73. The lowest BCUT2D eigenvalue weighted by Gasteiger charge is -2.13. The number of carbonyl (C=O) groups excluding carboxylic acids is 2.